The molecule has 3 rings (SSSR count). The van der Waals surface area contributed by atoms with Crippen molar-refractivity contribution in [1.82, 2.24) is 5.43 Å². The van der Waals surface area contributed by atoms with E-state index in [9.17, 15) is 4.79 Å². The van der Waals surface area contributed by atoms with Gasteiger partial charge in [0.25, 0.3) is 0 Å². The molecule has 1 atom stereocenters. The maximum absolute atomic E-state index is 12.1. The second-order valence-corrected chi connectivity index (χ2v) is 5.73. The highest BCUT2D eigenvalue weighted by molar-refractivity contribution is 6.31. The summed E-state index contributed by atoms with van der Waals surface area (Å²) in [6.45, 7) is 0. The van der Waals surface area contributed by atoms with Crippen LogP contribution in [0.1, 0.15) is 23.5 Å². The standard InChI is InChI=1S/C16H12Cl2N2O/c17-12-6-4-10(5-7-12)15-9-14(16(21)20-19-15)11-2-1-3-13(18)8-11/h1-8,14H,9H2,(H,20,21)/t14-/m1/s1. The van der Waals surface area contributed by atoms with Gasteiger partial charge in [-0.15, -0.1) is 0 Å². The van der Waals surface area contributed by atoms with E-state index >= 15 is 0 Å². The second kappa shape index (κ2) is 5.88. The molecule has 0 saturated heterocycles. The van der Waals surface area contributed by atoms with Crippen LogP contribution < -0.4 is 5.43 Å². The molecule has 3 nitrogen and oxygen atoms in total. The van der Waals surface area contributed by atoms with Crippen molar-refractivity contribution < 1.29 is 4.79 Å². The van der Waals surface area contributed by atoms with Crippen LogP contribution in [0.15, 0.2) is 53.6 Å². The molecule has 2 aromatic rings. The predicted molar refractivity (Wildman–Crippen MR) is 84.9 cm³/mol. The molecule has 1 aliphatic rings. The second-order valence-electron chi connectivity index (χ2n) is 4.85. The number of hydrogen-bond donors (Lipinski definition) is 1. The number of nitrogens with zero attached hydrogens (tertiary/aromatic N) is 1. The fraction of sp³-hybridized carbons (Fsp3) is 0.125. The van der Waals surface area contributed by atoms with Crippen LogP contribution in [0.3, 0.4) is 0 Å². The highest BCUT2D eigenvalue weighted by atomic mass is 35.5. The summed E-state index contributed by atoms with van der Waals surface area (Å²) in [4.78, 5) is 12.1. The van der Waals surface area contributed by atoms with Crippen molar-refractivity contribution in [2.75, 3.05) is 0 Å². The predicted octanol–water partition coefficient (Wildman–Crippen LogP) is 4.00. The normalized spacial score (nSPS) is 18.1. The van der Waals surface area contributed by atoms with Crippen molar-refractivity contribution >= 4 is 34.8 Å². The van der Waals surface area contributed by atoms with E-state index in [4.69, 9.17) is 23.2 Å². The van der Waals surface area contributed by atoms with Gasteiger partial charge in [0.1, 0.15) is 0 Å². The lowest BCUT2D eigenvalue weighted by Gasteiger charge is -2.22. The summed E-state index contributed by atoms with van der Waals surface area (Å²) in [5, 5.41) is 5.44. The minimum atomic E-state index is -0.285. The van der Waals surface area contributed by atoms with Gasteiger partial charge in [-0.3, -0.25) is 4.79 Å². The van der Waals surface area contributed by atoms with E-state index in [2.05, 4.69) is 10.5 Å². The Kier molecular flexibility index (Phi) is 3.95. The molecule has 21 heavy (non-hydrogen) atoms. The quantitative estimate of drug-likeness (QED) is 0.893. The molecule has 1 aliphatic heterocycles. The van der Waals surface area contributed by atoms with Gasteiger partial charge in [-0.25, -0.2) is 5.43 Å². The Morgan fingerprint density at radius 1 is 1.05 bits per heavy atom. The number of hydrogen-bond acceptors (Lipinski definition) is 2. The van der Waals surface area contributed by atoms with E-state index in [1.54, 1.807) is 6.07 Å². The van der Waals surface area contributed by atoms with E-state index in [1.807, 2.05) is 42.5 Å². The first-order chi connectivity index (χ1) is 10.1. The molecule has 0 fully saturated rings. The molecule has 1 N–H and O–H groups in total. The van der Waals surface area contributed by atoms with Gasteiger partial charge in [0.15, 0.2) is 0 Å². The van der Waals surface area contributed by atoms with Gasteiger partial charge in [-0.05, 0) is 35.4 Å². The molecule has 1 heterocycles. The molecule has 0 saturated carbocycles. The Labute approximate surface area is 132 Å². The average molecular weight is 319 g/mol. The third-order valence-corrected chi connectivity index (χ3v) is 3.93. The summed E-state index contributed by atoms with van der Waals surface area (Å²) in [5.74, 6) is -0.401. The number of carbonyl (C=O) groups is 1. The lowest BCUT2D eigenvalue weighted by atomic mass is 9.89. The molecule has 0 aromatic heterocycles. The van der Waals surface area contributed by atoms with Crippen LogP contribution in [-0.2, 0) is 4.79 Å². The molecule has 2 aromatic carbocycles. The average Bonchev–Trinajstić information content (AvgIpc) is 2.49. The SMILES string of the molecule is O=C1NN=C(c2ccc(Cl)cc2)C[C@@H]1c1cccc(Cl)c1. The Hall–Kier alpha value is -1.84. The zero-order valence-electron chi connectivity index (χ0n) is 11.0. The van der Waals surface area contributed by atoms with Crippen LogP contribution >= 0.6 is 23.2 Å². The van der Waals surface area contributed by atoms with Crippen LogP contribution in [0.2, 0.25) is 10.0 Å². The molecule has 0 spiro atoms. The lowest BCUT2D eigenvalue weighted by molar-refractivity contribution is -0.122. The summed E-state index contributed by atoms with van der Waals surface area (Å²) in [5.41, 5.74) is 5.26. The zero-order valence-corrected chi connectivity index (χ0v) is 12.5. The zero-order chi connectivity index (χ0) is 14.8. The smallest absolute Gasteiger partial charge is 0.248 e. The van der Waals surface area contributed by atoms with Gasteiger partial charge < -0.3 is 0 Å². The number of benzene rings is 2. The van der Waals surface area contributed by atoms with Crippen molar-refractivity contribution in [3.8, 4) is 0 Å². The summed E-state index contributed by atoms with van der Waals surface area (Å²) in [7, 11) is 0. The summed E-state index contributed by atoms with van der Waals surface area (Å²) in [6, 6.07) is 14.8. The van der Waals surface area contributed by atoms with Gasteiger partial charge in [0.05, 0.1) is 11.6 Å². The van der Waals surface area contributed by atoms with Gasteiger partial charge in [0.2, 0.25) is 5.91 Å². The molecular formula is C16H12Cl2N2O. The van der Waals surface area contributed by atoms with Crippen molar-refractivity contribution in [2.24, 2.45) is 5.10 Å². The van der Waals surface area contributed by atoms with Crippen LogP contribution in [0, 0.1) is 0 Å². The van der Waals surface area contributed by atoms with E-state index in [0.717, 1.165) is 16.8 Å². The highest BCUT2D eigenvalue weighted by Crippen LogP contribution is 2.27. The topological polar surface area (TPSA) is 41.5 Å². The first-order valence-corrected chi connectivity index (χ1v) is 7.27. The van der Waals surface area contributed by atoms with Crippen molar-refractivity contribution in [3.05, 3.63) is 69.7 Å². The number of amides is 1. The fourth-order valence-electron chi connectivity index (χ4n) is 2.35. The van der Waals surface area contributed by atoms with Crippen LogP contribution in [-0.4, -0.2) is 11.6 Å². The molecule has 0 radical (unpaired) electrons. The molecule has 0 bridgehead atoms. The van der Waals surface area contributed by atoms with Gasteiger partial charge >= 0.3 is 0 Å². The van der Waals surface area contributed by atoms with Gasteiger partial charge in [0, 0.05) is 16.5 Å². The number of rotatable bonds is 2. The Balaban J connectivity index is 1.90. The largest absolute Gasteiger partial charge is 0.272 e. The van der Waals surface area contributed by atoms with E-state index in [0.29, 0.717) is 16.5 Å². The van der Waals surface area contributed by atoms with Crippen molar-refractivity contribution in [2.45, 2.75) is 12.3 Å². The number of halogens is 2. The first-order valence-electron chi connectivity index (χ1n) is 6.51. The van der Waals surface area contributed by atoms with Crippen molar-refractivity contribution in [3.63, 3.8) is 0 Å². The molecular weight excluding hydrogens is 307 g/mol. The van der Waals surface area contributed by atoms with Gasteiger partial charge in [-0.1, -0.05) is 47.5 Å². The maximum Gasteiger partial charge on any atom is 0.248 e. The Morgan fingerprint density at radius 2 is 1.81 bits per heavy atom. The lowest BCUT2D eigenvalue weighted by Crippen LogP contribution is -2.33. The summed E-state index contributed by atoms with van der Waals surface area (Å²) in [6.07, 6.45) is 0.536. The molecule has 0 unspecified atom stereocenters. The highest BCUT2D eigenvalue weighted by Gasteiger charge is 2.27. The van der Waals surface area contributed by atoms with Gasteiger partial charge in [-0.2, -0.15) is 5.10 Å². The third kappa shape index (κ3) is 3.09. The fourth-order valence-corrected chi connectivity index (χ4v) is 2.67. The minimum absolute atomic E-state index is 0.116. The molecule has 1 amide bonds. The maximum atomic E-state index is 12.1. The number of hydrazone groups is 1. The van der Waals surface area contributed by atoms with E-state index < -0.39 is 0 Å². The number of nitrogens with one attached hydrogen (secondary N) is 1. The Bertz CT molecular complexity index is 710. The molecule has 106 valence electrons. The minimum Gasteiger partial charge on any atom is -0.272 e. The van der Waals surface area contributed by atoms with E-state index in [-0.39, 0.29) is 11.8 Å². The molecule has 0 aliphatic carbocycles. The van der Waals surface area contributed by atoms with Crippen molar-refractivity contribution in [1.29, 1.82) is 0 Å². The summed E-state index contributed by atoms with van der Waals surface area (Å²) < 4.78 is 0. The summed E-state index contributed by atoms with van der Waals surface area (Å²) >= 11 is 11.9. The first kappa shape index (κ1) is 14.1. The van der Waals surface area contributed by atoms with E-state index in [1.165, 1.54) is 0 Å². The Morgan fingerprint density at radius 3 is 2.52 bits per heavy atom. The van der Waals surface area contributed by atoms with Crippen LogP contribution in [0.4, 0.5) is 0 Å². The monoisotopic (exact) mass is 318 g/mol. The third-order valence-electron chi connectivity index (χ3n) is 3.44. The number of carbonyl (C=O) groups excluding carboxylic acids is 1. The van der Waals surface area contributed by atoms with Crippen LogP contribution in [0.5, 0.6) is 0 Å². The van der Waals surface area contributed by atoms with Crippen LogP contribution in [0.25, 0.3) is 0 Å². The molecule has 5 heteroatoms.